The van der Waals surface area contributed by atoms with Gasteiger partial charge in [0.2, 0.25) is 0 Å². The molecule has 0 unspecified atom stereocenters. The third-order valence-corrected chi connectivity index (χ3v) is 3.95. The molecule has 0 aliphatic heterocycles. The molecule has 6 nitrogen and oxygen atoms in total. The first-order valence-corrected chi connectivity index (χ1v) is 8.21. The van der Waals surface area contributed by atoms with E-state index in [1.54, 1.807) is 26.2 Å². The molecular formula is C19H25N3O3. The van der Waals surface area contributed by atoms with E-state index in [0.717, 1.165) is 17.7 Å². The van der Waals surface area contributed by atoms with Crippen molar-refractivity contribution < 1.29 is 14.3 Å². The van der Waals surface area contributed by atoms with Crippen LogP contribution in [0.25, 0.3) is 0 Å². The first kappa shape index (κ1) is 18.6. The molecule has 2 aromatic rings. The number of para-hydroxylation sites is 1. The summed E-state index contributed by atoms with van der Waals surface area (Å²) in [5, 5.41) is 2.89. The number of aromatic nitrogens is 1. The van der Waals surface area contributed by atoms with E-state index in [2.05, 4.69) is 17.2 Å². The van der Waals surface area contributed by atoms with Crippen molar-refractivity contribution >= 4 is 6.03 Å². The van der Waals surface area contributed by atoms with Crippen molar-refractivity contribution in [1.82, 2.24) is 15.2 Å². The fourth-order valence-corrected chi connectivity index (χ4v) is 2.47. The zero-order chi connectivity index (χ0) is 18.2. The van der Waals surface area contributed by atoms with Gasteiger partial charge in [-0.3, -0.25) is 4.98 Å². The lowest BCUT2D eigenvalue weighted by Crippen LogP contribution is -2.36. The first-order valence-electron chi connectivity index (χ1n) is 8.21. The van der Waals surface area contributed by atoms with Gasteiger partial charge < -0.3 is 19.7 Å². The maximum atomic E-state index is 12.3. The molecule has 0 radical (unpaired) electrons. The Hall–Kier alpha value is -2.76. The molecule has 0 saturated heterocycles. The Morgan fingerprint density at radius 2 is 2.00 bits per heavy atom. The van der Waals surface area contributed by atoms with Gasteiger partial charge in [0.25, 0.3) is 0 Å². The molecule has 6 heteroatoms. The molecule has 1 aromatic heterocycles. The van der Waals surface area contributed by atoms with Crippen LogP contribution >= 0.6 is 0 Å². The van der Waals surface area contributed by atoms with Gasteiger partial charge in [0.1, 0.15) is 0 Å². The quantitative estimate of drug-likeness (QED) is 0.839. The van der Waals surface area contributed by atoms with Crippen molar-refractivity contribution in [1.29, 1.82) is 0 Å². The van der Waals surface area contributed by atoms with Gasteiger partial charge in [0.15, 0.2) is 11.5 Å². The molecule has 1 aromatic carbocycles. The van der Waals surface area contributed by atoms with Crippen molar-refractivity contribution in [2.45, 2.75) is 26.4 Å². The van der Waals surface area contributed by atoms with E-state index in [1.807, 2.05) is 36.5 Å². The number of nitrogens with zero attached hydrogens (tertiary/aromatic N) is 2. The SMILES string of the molecule is CCc1ccc(CN(C)C(=O)NCc2cccc(OC)c2OC)nc1. The lowest BCUT2D eigenvalue weighted by atomic mass is 10.2. The lowest BCUT2D eigenvalue weighted by molar-refractivity contribution is 0.205. The molecule has 134 valence electrons. The number of carbonyl (C=O) groups excluding carboxylic acids is 1. The van der Waals surface area contributed by atoms with Crippen molar-refractivity contribution in [2.24, 2.45) is 0 Å². The van der Waals surface area contributed by atoms with Crippen LogP contribution in [0.3, 0.4) is 0 Å². The van der Waals surface area contributed by atoms with E-state index in [9.17, 15) is 4.79 Å². The first-order chi connectivity index (χ1) is 12.1. The van der Waals surface area contributed by atoms with Crippen LogP contribution in [0.2, 0.25) is 0 Å². The Kier molecular flexibility index (Phi) is 6.62. The molecule has 0 spiro atoms. The summed E-state index contributed by atoms with van der Waals surface area (Å²) in [6, 6.07) is 9.40. The summed E-state index contributed by atoms with van der Waals surface area (Å²) in [6.07, 6.45) is 2.80. The van der Waals surface area contributed by atoms with Gasteiger partial charge in [0.05, 0.1) is 26.5 Å². The maximum absolute atomic E-state index is 12.3. The third-order valence-electron chi connectivity index (χ3n) is 3.95. The summed E-state index contributed by atoms with van der Waals surface area (Å²) in [6.45, 7) is 2.89. The predicted molar refractivity (Wildman–Crippen MR) is 96.9 cm³/mol. The van der Waals surface area contributed by atoms with Crippen molar-refractivity contribution in [3.63, 3.8) is 0 Å². The molecule has 1 N–H and O–H groups in total. The molecule has 0 atom stereocenters. The van der Waals surface area contributed by atoms with Crippen LogP contribution in [0.15, 0.2) is 36.5 Å². The van der Waals surface area contributed by atoms with Crippen LogP contribution in [0.5, 0.6) is 11.5 Å². The highest BCUT2D eigenvalue weighted by molar-refractivity contribution is 5.74. The largest absolute Gasteiger partial charge is 0.493 e. The van der Waals surface area contributed by atoms with E-state index in [4.69, 9.17) is 9.47 Å². The predicted octanol–water partition coefficient (Wildman–Crippen LogP) is 3.00. The monoisotopic (exact) mass is 343 g/mol. The molecular weight excluding hydrogens is 318 g/mol. The van der Waals surface area contributed by atoms with E-state index in [-0.39, 0.29) is 6.03 Å². The average Bonchev–Trinajstić information content (AvgIpc) is 2.66. The van der Waals surface area contributed by atoms with E-state index in [0.29, 0.717) is 24.6 Å². The summed E-state index contributed by atoms with van der Waals surface area (Å²) in [4.78, 5) is 18.3. The Balaban J connectivity index is 1.95. The minimum Gasteiger partial charge on any atom is -0.493 e. The zero-order valence-corrected chi connectivity index (χ0v) is 15.2. The highest BCUT2D eigenvalue weighted by Crippen LogP contribution is 2.30. The topological polar surface area (TPSA) is 63.7 Å². The average molecular weight is 343 g/mol. The number of methoxy groups -OCH3 is 2. The molecule has 25 heavy (non-hydrogen) atoms. The number of ether oxygens (including phenoxy) is 2. The summed E-state index contributed by atoms with van der Waals surface area (Å²) in [5.74, 6) is 1.27. The van der Waals surface area contributed by atoms with Gasteiger partial charge in [-0.25, -0.2) is 4.79 Å². The van der Waals surface area contributed by atoms with E-state index >= 15 is 0 Å². The van der Waals surface area contributed by atoms with Crippen LogP contribution < -0.4 is 14.8 Å². The van der Waals surface area contributed by atoms with Gasteiger partial charge in [-0.1, -0.05) is 25.1 Å². The number of pyridine rings is 1. The van der Waals surface area contributed by atoms with Gasteiger partial charge >= 0.3 is 6.03 Å². The van der Waals surface area contributed by atoms with Crippen LogP contribution in [-0.4, -0.2) is 37.2 Å². The number of rotatable bonds is 7. The van der Waals surface area contributed by atoms with Gasteiger partial charge in [0, 0.05) is 25.4 Å². The highest BCUT2D eigenvalue weighted by Gasteiger charge is 2.13. The van der Waals surface area contributed by atoms with Crippen LogP contribution in [0, 0.1) is 0 Å². The standard InChI is InChI=1S/C19H25N3O3/c1-5-14-9-10-16(20-11-14)13-22(2)19(23)21-12-15-7-6-8-17(24-3)18(15)25-4/h6-11H,5,12-13H2,1-4H3,(H,21,23). The highest BCUT2D eigenvalue weighted by atomic mass is 16.5. The van der Waals surface area contributed by atoms with Gasteiger partial charge in [-0.2, -0.15) is 0 Å². The second-order valence-electron chi connectivity index (χ2n) is 5.68. The Bertz CT molecular complexity index is 702. The number of benzene rings is 1. The molecule has 0 aliphatic carbocycles. The fourth-order valence-electron chi connectivity index (χ4n) is 2.47. The van der Waals surface area contributed by atoms with E-state index in [1.165, 1.54) is 5.56 Å². The zero-order valence-electron chi connectivity index (χ0n) is 15.2. The number of amides is 2. The molecule has 1 heterocycles. The summed E-state index contributed by atoms with van der Waals surface area (Å²) < 4.78 is 10.7. The maximum Gasteiger partial charge on any atom is 0.317 e. The second kappa shape index (κ2) is 8.92. The summed E-state index contributed by atoms with van der Waals surface area (Å²) in [7, 11) is 4.92. The van der Waals surface area contributed by atoms with Gasteiger partial charge in [-0.15, -0.1) is 0 Å². The van der Waals surface area contributed by atoms with Crippen molar-refractivity contribution in [2.75, 3.05) is 21.3 Å². The molecule has 0 saturated carbocycles. The minimum absolute atomic E-state index is 0.175. The number of carbonyl (C=O) groups is 1. The Morgan fingerprint density at radius 3 is 2.60 bits per heavy atom. The summed E-state index contributed by atoms with van der Waals surface area (Å²) >= 11 is 0. The molecule has 2 rings (SSSR count). The van der Waals surface area contributed by atoms with Crippen LogP contribution in [-0.2, 0) is 19.5 Å². The number of nitrogens with one attached hydrogen (secondary N) is 1. The molecule has 2 amide bonds. The Morgan fingerprint density at radius 1 is 1.20 bits per heavy atom. The smallest absolute Gasteiger partial charge is 0.317 e. The second-order valence-corrected chi connectivity index (χ2v) is 5.68. The van der Waals surface area contributed by atoms with Crippen LogP contribution in [0.1, 0.15) is 23.7 Å². The van der Waals surface area contributed by atoms with Gasteiger partial charge in [-0.05, 0) is 24.1 Å². The van der Waals surface area contributed by atoms with E-state index < -0.39 is 0 Å². The molecule has 0 aliphatic rings. The van der Waals surface area contributed by atoms with Crippen molar-refractivity contribution in [3.05, 3.63) is 53.3 Å². The number of aryl methyl sites for hydroxylation is 1. The normalized spacial score (nSPS) is 10.2. The van der Waals surface area contributed by atoms with Crippen LogP contribution in [0.4, 0.5) is 4.79 Å². The number of urea groups is 1. The lowest BCUT2D eigenvalue weighted by Gasteiger charge is -2.19. The van der Waals surface area contributed by atoms with Crippen molar-refractivity contribution in [3.8, 4) is 11.5 Å². The summed E-state index contributed by atoms with van der Waals surface area (Å²) in [5.41, 5.74) is 2.89. The minimum atomic E-state index is -0.175. The Labute approximate surface area is 148 Å². The molecule has 0 bridgehead atoms. The third kappa shape index (κ3) is 4.86. The fraction of sp³-hybridized carbons (Fsp3) is 0.368. The molecule has 0 fully saturated rings. The number of hydrogen-bond acceptors (Lipinski definition) is 4. The number of hydrogen-bond donors (Lipinski definition) is 1.